The molecule has 0 heteroatoms. The van der Waals surface area contributed by atoms with E-state index in [-0.39, 0.29) is 5.41 Å². The molecule has 88 valence electrons. The molecule has 0 N–H and O–H groups in total. The maximum absolute atomic E-state index is 3.96. The van der Waals surface area contributed by atoms with Gasteiger partial charge >= 0.3 is 0 Å². The van der Waals surface area contributed by atoms with Gasteiger partial charge in [0.1, 0.15) is 0 Å². The molecule has 0 unspecified atom stereocenters. The zero-order valence-electron chi connectivity index (χ0n) is 11.0. The molecule has 0 aromatic heterocycles. The molecule has 0 aliphatic heterocycles. The van der Waals surface area contributed by atoms with Crippen LogP contribution in [-0.4, -0.2) is 0 Å². The van der Waals surface area contributed by atoms with Crippen LogP contribution >= 0.6 is 0 Å². The van der Waals surface area contributed by atoms with Crippen molar-refractivity contribution >= 4 is 5.57 Å². The van der Waals surface area contributed by atoms with Gasteiger partial charge in [-0.05, 0) is 35.6 Å². The highest BCUT2D eigenvalue weighted by Crippen LogP contribution is 2.46. The molecule has 1 aromatic carbocycles. The summed E-state index contributed by atoms with van der Waals surface area (Å²) in [5.74, 6) is 0. The molecule has 0 radical (unpaired) electrons. The summed E-state index contributed by atoms with van der Waals surface area (Å²) in [5.41, 5.74) is 6.93. The van der Waals surface area contributed by atoms with Crippen molar-refractivity contribution in [2.24, 2.45) is 0 Å². The number of hydrogen-bond donors (Lipinski definition) is 0. The van der Waals surface area contributed by atoms with E-state index in [2.05, 4.69) is 52.1 Å². The highest BCUT2D eigenvalue weighted by atomic mass is 14.4. The number of fused-ring (bicyclic) bond motifs is 1. The maximum Gasteiger partial charge on any atom is 0.0118 e. The number of benzene rings is 1. The summed E-state index contributed by atoms with van der Waals surface area (Å²) in [6.45, 7) is 14.5. The average Bonchev–Trinajstić information content (AvgIpc) is 2.48. The zero-order chi connectivity index (χ0) is 12.6. The highest BCUT2D eigenvalue weighted by Gasteiger charge is 2.33. The third-order valence-corrected chi connectivity index (χ3v) is 3.97. The molecule has 0 saturated heterocycles. The summed E-state index contributed by atoms with van der Waals surface area (Å²) in [6, 6.07) is 6.75. The predicted octanol–water partition coefficient (Wildman–Crippen LogP) is 4.67. The number of hydrogen-bond acceptors (Lipinski definition) is 0. The van der Waals surface area contributed by atoms with Gasteiger partial charge in [-0.1, -0.05) is 56.4 Å². The summed E-state index contributed by atoms with van der Waals surface area (Å²) in [6.07, 6.45) is 4.86. The summed E-state index contributed by atoms with van der Waals surface area (Å²) >= 11 is 0. The van der Waals surface area contributed by atoms with Gasteiger partial charge in [0.05, 0.1) is 0 Å². The van der Waals surface area contributed by atoms with Gasteiger partial charge in [0.2, 0.25) is 0 Å². The maximum atomic E-state index is 3.96. The van der Waals surface area contributed by atoms with Gasteiger partial charge in [0, 0.05) is 5.41 Å². The van der Waals surface area contributed by atoms with Crippen LogP contribution in [0.4, 0.5) is 0 Å². The van der Waals surface area contributed by atoms with Crippen LogP contribution in [0.1, 0.15) is 37.5 Å². The molecule has 0 heterocycles. The Labute approximate surface area is 104 Å². The molecule has 0 amide bonds. The van der Waals surface area contributed by atoms with Crippen molar-refractivity contribution in [3.63, 3.8) is 0 Å². The van der Waals surface area contributed by atoms with Gasteiger partial charge in [-0.15, -0.1) is 6.58 Å². The second-order valence-corrected chi connectivity index (χ2v) is 5.24. The van der Waals surface area contributed by atoms with Gasteiger partial charge < -0.3 is 0 Å². The fourth-order valence-corrected chi connectivity index (χ4v) is 2.66. The molecular weight excluding hydrogens is 204 g/mol. The van der Waals surface area contributed by atoms with Gasteiger partial charge in [-0.25, -0.2) is 0 Å². The number of allylic oxidation sites excluding steroid dienone is 4. The standard InChI is InChI=1S/C17H20/c1-6-8-13-9-10-16-15(11-13)14(7-2)12(3)17(16,4)5/h6-7,9-11H,1-2,8H2,3-5H3. The lowest BCUT2D eigenvalue weighted by Gasteiger charge is -2.22. The van der Waals surface area contributed by atoms with Gasteiger partial charge in [0.25, 0.3) is 0 Å². The largest absolute Gasteiger partial charge is 0.103 e. The van der Waals surface area contributed by atoms with Crippen LogP contribution in [0.5, 0.6) is 0 Å². The molecular formula is C17H20. The van der Waals surface area contributed by atoms with Crippen LogP contribution in [0, 0.1) is 0 Å². The molecule has 1 aliphatic rings. The first kappa shape index (κ1) is 11.9. The Bertz CT molecular complexity index is 513. The summed E-state index contributed by atoms with van der Waals surface area (Å²) in [4.78, 5) is 0. The lowest BCUT2D eigenvalue weighted by atomic mass is 9.82. The van der Waals surface area contributed by atoms with Gasteiger partial charge in [0.15, 0.2) is 0 Å². The smallest absolute Gasteiger partial charge is 0.0118 e. The molecule has 17 heavy (non-hydrogen) atoms. The van der Waals surface area contributed by atoms with Crippen molar-refractivity contribution in [2.75, 3.05) is 0 Å². The zero-order valence-corrected chi connectivity index (χ0v) is 11.0. The lowest BCUT2D eigenvalue weighted by Crippen LogP contribution is -2.15. The van der Waals surface area contributed by atoms with Crippen LogP contribution in [0.15, 0.2) is 49.1 Å². The van der Waals surface area contributed by atoms with E-state index in [1.807, 2.05) is 12.2 Å². The Morgan fingerprint density at radius 3 is 2.53 bits per heavy atom. The Morgan fingerprint density at radius 1 is 1.24 bits per heavy atom. The lowest BCUT2D eigenvalue weighted by molar-refractivity contribution is 0.639. The molecule has 0 spiro atoms. The number of rotatable bonds is 3. The van der Waals surface area contributed by atoms with E-state index in [9.17, 15) is 0 Å². The Morgan fingerprint density at radius 2 is 1.94 bits per heavy atom. The Kier molecular flexibility index (Phi) is 2.82. The summed E-state index contributed by atoms with van der Waals surface area (Å²) in [5, 5.41) is 0. The average molecular weight is 224 g/mol. The van der Waals surface area contributed by atoms with Crippen molar-refractivity contribution in [2.45, 2.75) is 32.6 Å². The van der Waals surface area contributed by atoms with Crippen LogP contribution in [0.3, 0.4) is 0 Å². The fourth-order valence-electron chi connectivity index (χ4n) is 2.66. The summed E-state index contributed by atoms with van der Waals surface area (Å²) < 4.78 is 0. The monoisotopic (exact) mass is 224 g/mol. The Balaban J connectivity index is 2.63. The van der Waals surface area contributed by atoms with Crippen molar-refractivity contribution in [1.82, 2.24) is 0 Å². The molecule has 0 nitrogen and oxygen atoms in total. The van der Waals surface area contributed by atoms with E-state index in [1.54, 1.807) is 0 Å². The predicted molar refractivity (Wildman–Crippen MR) is 76.2 cm³/mol. The van der Waals surface area contributed by atoms with Crippen LogP contribution in [-0.2, 0) is 11.8 Å². The third-order valence-electron chi connectivity index (χ3n) is 3.97. The first-order chi connectivity index (χ1) is 8.02. The van der Waals surface area contributed by atoms with Crippen LogP contribution in [0.25, 0.3) is 5.57 Å². The molecule has 0 atom stereocenters. The third kappa shape index (κ3) is 1.68. The van der Waals surface area contributed by atoms with Crippen molar-refractivity contribution < 1.29 is 0 Å². The minimum atomic E-state index is 0.131. The van der Waals surface area contributed by atoms with E-state index in [0.29, 0.717) is 0 Å². The molecule has 1 aliphatic carbocycles. The second-order valence-electron chi connectivity index (χ2n) is 5.24. The van der Waals surface area contributed by atoms with E-state index in [0.717, 1.165) is 6.42 Å². The fraction of sp³-hybridized carbons (Fsp3) is 0.294. The molecule has 0 bridgehead atoms. The van der Waals surface area contributed by atoms with Crippen molar-refractivity contribution in [3.8, 4) is 0 Å². The van der Waals surface area contributed by atoms with Crippen molar-refractivity contribution in [1.29, 1.82) is 0 Å². The summed E-state index contributed by atoms with van der Waals surface area (Å²) in [7, 11) is 0. The highest BCUT2D eigenvalue weighted by molar-refractivity contribution is 5.85. The van der Waals surface area contributed by atoms with Crippen LogP contribution < -0.4 is 0 Å². The van der Waals surface area contributed by atoms with Crippen molar-refractivity contribution in [3.05, 3.63) is 65.8 Å². The van der Waals surface area contributed by atoms with Gasteiger partial charge in [-0.2, -0.15) is 0 Å². The quantitative estimate of drug-likeness (QED) is 0.655. The van der Waals surface area contributed by atoms with E-state index in [1.165, 1.54) is 27.8 Å². The van der Waals surface area contributed by atoms with E-state index in [4.69, 9.17) is 0 Å². The molecule has 0 saturated carbocycles. The minimum absolute atomic E-state index is 0.131. The topological polar surface area (TPSA) is 0 Å². The second kappa shape index (κ2) is 4.03. The van der Waals surface area contributed by atoms with Crippen LogP contribution in [0.2, 0.25) is 0 Å². The normalized spacial score (nSPS) is 16.9. The molecule has 2 rings (SSSR count). The minimum Gasteiger partial charge on any atom is -0.103 e. The molecule has 1 aromatic rings. The Hall–Kier alpha value is -1.56. The first-order valence-corrected chi connectivity index (χ1v) is 6.11. The first-order valence-electron chi connectivity index (χ1n) is 6.11. The van der Waals surface area contributed by atoms with E-state index >= 15 is 0 Å². The SMILES string of the molecule is C=CCc1ccc2c(c1)C(C=C)=C(C)C2(C)C. The van der Waals surface area contributed by atoms with E-state index < -0.39 is 0 Å². The molecule has 0 fully saturated rings. The van der Waals surface area contributed by atoms with Gasteiger partial charge in [-0.3, -0.25) is 0 Å².